The van der Waals surface area contributed by atoms with Crippen LogP contribution in [0.4, 0.5) is 17.6 Å². The van der Waals surface area contributed by atoms with Gasteiger partial charge >= 0.3 is 12.3 Å². The first kappa shape index (κ1) is 15.2. The molecule has 0 aromatic rings. The van der Waals surface area contributed by atoms with E-state index in [1.807, 2.05) is 0 Å². The Balaban J connectivity index is 4.73. The van der Waals surface area contributed by atoms with Crippen molar-refractivity contribution < 1.29 is 22.4 Å². The Labute approximate surface area is 91.6 Å². The summed E-state index contributed by atoms with van der Waals surface area (Å²) in [6, 6.07) is -0.566. The van der Waals surface area contributed by atoms with Crippen LogP contribution < -0.4 is 5.73 Å². The number of amides is 1. The average Bonchev–Trinajstić information content (AvgIpc) is 2.17. The Hall–Kier alpha value is -0.850. The van der Waals surface area contributed by atoms with Gasteiger partial charge in [0.1, 0.15) is 0 Å². The largest absolute Gasteiger partial charge is 0.383 e. The number of rotatable bonds is 6. The van der Waals surface area contributed by atoms with Gasteiger partial charge in [-0.05, 0) is 26.8 Å². The van der Waals surface area contributed by atoms with E-state index in [0.717, 1.165) is 4.90 Å². The summed E-state index contributed by atoms with van der Waals surface area (Å²) >= 11 is 0. The summed E-state index contributed by atoms with van der Waals surface area (Å²) in [5.41, 5.74) is 5.17. The fraction of sp³-hybridized carbons (Fsp3) is 0.889. The molecule has 0 unspecified atom stereocenters. The van der Waals surface area contributed by atoms with E-state index in [0.29, 0.717) is 6.42 Å². The first-order valence-electron chi connectivity index (χ1n) is 4.92. The Morgan fingerprint density at radius 3 is 2.19 bits per heavy atom. The SMILES string of the molecule is CC(C)N(CCCN)C(=O)C(F)(F)C(F)F. The predicted molar refractivity (Wildman–Crippen MR) is 51.5 cm³/mol. The van der Waals surface area contributed by atoms with E-state index in [-0.39, 0.29) is 13.1 Å². The maximum atomic E-state index is 12.8. The zero-order valence-corrected chi connectivity index (χ0v) is 9.22. The highest BCUT2D eigenvalue weighted by molar-refractivity contribution is 5.84. The van der Waals surface area contributed by atoms with Gasteiger partial charge < -0.3 is 10.6 Å². The van der Waals surface area contributed by atoms with Crippen LogP contribution in [-0.4, -0.2) is 42.3 Å². The van der Waals surface area contributed by atoms with E-state index in [1.54, 1.807) is 0 Å². The van der Waals surface area contributed by atoms with Crippen LogP contribution in [0.15, 0.2) is 0 Å². The smallest absolute Gasteiger partial charge is 0.335 e. The fourth-order valence-corrected chi connectivity index (χ4v) is 1.14. The highest BCUT2D eigenvalue weighted by atomic mass is 19.3. The van der Waals surface area contributed by atoms with Crippen molar-refractivity contribution in [3.8, 4) is 0 Å². The molecule has 0 radical (unpaired) electrons. The molecule has 0 aromatic carbocycles. The molecule has 7 heteroatoms. The lowest BCUT2D eigenvalue weighted by atomic mass is 10.2. The molecule has 0 rings (SSSR count). The molecule has 2 N–H and O–H groups in total. The Morgan fingerprint density at radius 2 is 1.88 bits per heavy atom. The van der Waals surface area contributed by atoms with E-state index < -0.39 is 24.3 Å². The molecule has 0 aliphatic heterocycles. The molecule has 96 valence electrons. The van der Waals surface area contributed by atoms with Gasteiger partial charge in [0.15, 0.2) is 0 Å². The maximum absolute atomic E-state index is 12.8. The normalized spacial score (nSPS) is 12.3. The van der Waals surface area contributed by atoms with Gasteiger partial charge in [0.05, 0.1) is 0 Å². The van der Waals surface area contributed by atoms with Crippen molar-refractivity contribution >= 4 is 5.91 Å². The van der Waals surface area contributed by atoms with Gasteiger partial charge in [-0.15, -0.1) is 0 Å². The molecule has 16 heavy (non-hydrogen) atoms. The lowest BCUT2D eigenvalue weighted by molar-refractivity contribution is -0.182. The molecule has 0 heterocycles. The molecule has 0 aromatic heterocycles. The first-order chi connectivity index (χ1) is 7.25. The van der Waals surface area contributed by atoms with Crippen molar-refractivity contribution in [2.45, 2.75) is 38.7 Å². The average molecular weight is 244 g/mol. The van der Waals surface area contributed by atoms with E-state index in [2.05, 4.69) is 0 Å². The van der Waals surface area contributed by atoms with Crippen molar-refractivity contribution in [3.63, 3.8) is 0 Å². The third-order valence-corrected chi connectivity index (χ3v) is 2.05. The van der Waals surface area contributed by atoms with Gasteiger partial charge in [-0.2, -0.15) is 8.78 Å². The number of carbonyl (C=O) groups excluding carboxylic acids is 1. The molecule has 0 aliphatic carbocycles. The van der Waals surface area contributed by atoms with Crippen molar-refractivity contribution in [1.82, 2.24) is 4.90 Å². The van der Waals surface area contributed by atoms with E-state index >= 15 is 0 Å². The van der Waals surface area contributed by atoms with Crippen LogP contribution in [0.2, 0.25) is 0 Å². The minimum atomic E-state index is -4.63. The van der Waals surface area contributed by atoms with Crippen molar-refractivity contribution in [1.29, 1.82) is 0 Å². The topological polar surface area (TPSA) is 46.3 Å². The number of hydrogen-bond acceptors (Lipinski definition) is 2. The van der Waals surface area contributed by atoms with Crippen LogP contribution in [0.25, 0.3) is 0 Å². The maximum Gasteiger partial charge on any atom is 0.383 e. The summed E-state index contributed by atoms with van der Waals surface area (Å²) in [6.07, 6.45) is -3.69. The van der Waals surface area contributed by atoms with Crippen LogP contribution in [0, 0.1) is 0 Å². The van der Waals surface area contributed by atoms with Gasteiger partial charge in [0.2, 0.25) is 0 Å². The molecule has 0 saturated heterocycles. The summed E-state index contributed by atoms with van der Waals surface area (Å²) in [4.78, 5) is 11.9. The van der Waals surface area contributed by atoms with Gasteiger partial charge in [-0.25, -0.2) is 8.78 Å². The lowest BCUT2D eigenvalue weighted by Gasteiger charge is -2.29. The Kier molecular flexibility index (Phi) is 5.71. The molecule has 0 bridgehead atoms. The molecule has 0 aliphatic rings. The molecule has 0 fully saturated rings. The van der Waals surface area contributed by atoms with E-state index in [1.165, 1.54) is 13.8 Å². The minimum absolute atomic E-state index is 0.0463. The zero-order valence-electron chi connectivity index (χ0n) is 9.22. The summed E-state index contributed by atoms with van der Waals surface area (Å²) in [5, 5.41) is 0. The lowest BCUT2D eigenvalue weighted by Crippen LogP contribution is -2.50. The van der Waals surface area contributed by atoms with Gasteiger partial charge in [0, 0.05) is 12.6 Å². The monoisotopic (exact) mass is 244 g/mol. The highest BCUT2D eigenvalue weighted by Gasteiger charge is 2.51. The third kappa shape index (κ3) is 3.62. The van der Waals surface area contributed by atoms with Crippen molar-refractivity contribution in [2.24, 2.45) is 5.73 Å². The number of halogens is 4. The standard InChI is InChI=1S/C9H16F4N2O/c1-6(2)15(5-3-4-14)8(16)9(12,13)7(10)11/h6-7H,3-5,14H2,1-2H3. The third-order valence-electron chi connectivity index (χ3n) is 2.05. The van der Waals surface area contributed by atoms with Gasteiger partial charge in [-0.1, -0.05) is 0 Å². The predicted octanol–water partition coefficient (Wildman–Crippen LogP) is 1.47. The molecule has 3 nitrogen and oxygen atoms in total. The summed E-state index contributed by atoms with van der Waals surface area (Å²) < 4.78 is 49.6. The fourth-order valence-electron chi connectivity index (χ4n) is 1.14. The number of carbonyl (C=O) groups is 1. The Morgan fingerprint density at radius 1 is 1.38 bits per heavy atom. The van der Waals surface area contributed by atoms with Crippen LogP contribution in [-0.2, 0) is 4.79 Å². The second-order valence-electron chi connectivity index (χ2n) is 3.66. The zero-order chi connectivity index (χ0) is 12.9. The van der Waals surface area contributed by atoms with Crippen LogP contribution >= 0.6 is 0 Å². The quantitative estimate of drug-likeness (QED) is 0.719. The second kappa shape index (κ2) is 6.03. The van der Waals surface area contributed by atoms with E-state index in [9.17, 15) is 22.4 Å². The molecule has 0 atom stereocenters. The van der Waals surface area contributed by atoms with E-state index in [4.69, 9.17) is 5.73 Å². The molecular weight excluding hydrogens is 228 g/mol. The summed E-state index contributed by atoms with van der Waals surface area (Å²) in [7, 11) is 0. The first-order valence-corrected chi connectivity index (χ1v) is 4.92. The van der Waals surface area contributed by atoms with Crippen LogP contribution in [0.3, 0.4) is 0 Å². The second-order valence-corrected chi connectivity index (χ2v) is 3.66. The molecule has 0 spiro atoms. The highest BCUT2D eigenvalue weighted by Crippen LogP contribution is 2.26. The molecular formula is C9H16F4N2O. The number of nitrogens with two attached hydrogens (primary N) is 1. The molecule has 1 amide bonds. The number of nitrogens with zero attached hydrogens (tertiary/aromatic N) is 1. The van der Waals surface area contributed by atoms with Crippen molar-refractivity contribution in [2.75, 3.05) is 13.1 Å². The van der Waals surface area contributed by atoms with Gasteiger partial charge in [-0.3, -0.25) is 4.79 Å². The van der Waals surface area contributed by atoms with Crippen LogP contribution in [0.5, 0.6) is 0 Å². The molecule has 0 saturated carbocycles. The van der Waals surface area contributed by atoms with Gasteiger partial charge in [0.25, 0.3) is 5.91 Å². The Bertz CT molecular complexity index is 234. The summed E-state index contributed by atoms with van der Waals surface area (Å²) in [5.74, 6) is -6.47. The van der Waals surface area contributed by atoms with Crippen molar-refractivity contribution in [3.05, 3.63) is 0 Å². The minimum Gasteiger partial charge on any atom is -0.335 e. The number of alkyl halides is 4. The summed E-state index contributed by atoms with van der Waals surface area (Å²) in [6.45, 7) is 3.12. The number of hydrogen-bond donors (Lipinski definition) is 1. The van der Waals surface area contributed by atoms with Crippen LogP contribution in [0.1, 0.15) is 20.3 Å².